The van der Waals surface area contributed by atoms with Crippen molar-refractivity contribution < 1.29 is 28.4 Å². The molecule has 0 aliphatic heterocycles. The highest BCUT2D eigenvalue weighted by Gasteiger charge is 2.31. The van der Waals surface area contributed by atoms with Crippen LogP contribution in [0.3, 0.4) is 0 Å². The summed E-state index contributed by atoms with van der Waals surface area (Å²) >= 11 is 0. The summed E-state index contributed by atoms with van der Waals surface area (Å²) in [6.45, 7) is 3.78. The van der Waals surface area contributed by atoms with E-state index in [1.165, 1.54) is 7.11 Å². The van der Waals surface area contributed by atoms with Crippen LogP contribution in [0.25, 0.3) is 11.1 Å². The molecule has 26 heavy (non-hydrogen) atoms. The maximum absolute atomic E-state index is 12.9. The molecule has 0 aliphatic rings. The number of nitriles is 1. The van der Waals surface area contributed by atoms with Gasteiger partial charge in [0.05, 0.1) is 37.3 Å². The standard InChI is InChI=1S/C18H20NO6P/c1-4-22-24-26(20,25-23-5-2)16-11-9-14(10-12-16)18-15(13-19)7-6-8-17(18)21-3/h6-12H,4-5H2,1-3H3. The Kier molecular flexibility index (Phi) is 7.34. The van der Waals surface area contributed by atoms with Crippen molar-refractivity contribution in [1.82, 2.24) is 0 Å². The average molecular weight is 377 g/mol. The summed E-state index contributed by atoms with van der Waals surface area (Å²) in [7, 11) is -2.26. The van der Waals surface area contributed by atoms with Crippen LogP contribution in [0.1, 0.15) is 19.4 Å². The topological polar surface area (TPSA) is 87.0 Å². The number of nitrogens with zero attached hydrogens (tertiary/aromatic N) is 1. The first-order valence-corrected chi connectivity index (χ1v) is 9.54. The SMILES string of the molecule is CCOOP(=O)(OOCC)c1ccc(-c2c(C#N)cccc2OC)cc1. The number of rotatable bonds is 9. The molecule has 2 rings (SSSR count). The van der Waals surface area contributed by atoms with Crippen molar-refractivity contribution in [2.45, 2.75) is 13.8 Å². The zero-order valence-corrected chi connectivity index (χ0v) is 15.7. The number of hydrogen-bond donors (Lipinski definition) is 0. The Balaban J connectivity index is 2.41. The second-order valence-corrected chi connectivity index (χ2v) is 6.81. The second kappa shape index (κ2) is 9.48. The predicted molar refractivity (Wildman–Crippen MR) is 95.8 cm³/mol. The van der Waals surface area contributed by atoms with Gasteiger partial charge in [0.2, 0.25) is 0 Å². The van der Waals surface area contributed by atoms with Crippen molar-refractivity contribution in [1.29, 1.82) is 5.26 Å². The summed E-state index contributed by atoms with van der Waals surface area (Å²) in [5, 5.41) is 9.62. The van der Waals surface area contributed by atoms with E-state index in [1.807, 2.05) is 0 Å². The first-order chi connectivity index (χ1) is 12.6. The number of methoxy groups -OCH3 is 1. The smallest absolute Gasteiger partial charge is 0.414 e. The van der Waals surface area contributed by atoms with E-state index in [0.717, 1.165) is 5.56 Å². The van der Waals surface area contributed by atoms with E-state index in [1.54, 1.807) is 56.3 Å². The van der Waals surface area contributed by atoms with E-state index in [0.29, 0.717) is 16.9 Å². The molecule has 0 heterocycles. The molecule has 2 aromatic rings. The molecule has 0 atom stereocenters. The Morgan fingerprint density at radius 1 is 1.00 bits per heavy atom. The molecule has 0 amide bonds. The Morgan fingerprint density at radius 2 is 1.62 bits per heavy atom. The van der Waals surface area contributed by atoms with E-state index in [9.17, 15) is 9.83 Å². The van der Waals surface area contributed by atoms with Gasteiger partial charge in [-0.05, 0) is 43.7 Å². The van der Waals surface area contributed by atoms with Crippen molar-refractivity contribution in [3.05, 3.63) is 48.0 Å². The summed E-state index contributed by atoms with van der Waals surface area (Å²) in [4.78, 5) is 9.61. The van der Waals surface area contributed by atoms with Crippen LogP contribution in [-0.2, 0) is 23.7 Å². The van der Waals surface area contributed by atoms with Gasteiger partial charge in [-0.25, -0.2) is 14.3 Å². The van der Waals surface area contributed by atoms with Gasteiger partial charge < -0.3 is 4.74 Å². The molecule has 7 nitrogen and oxygen atoms in total. The van der Waals surface area contributed by atoms with Gasteiger partial charge >= 0.3 is 7.60 Å². The lowest BCUT2D eigenvalue weighted by atomic mass is 9.99. The van der Waals surface area contributed by atoms with Gasteiger partial charge in [-0.1, -0.05) is 18.2 Å². The van der Waals surface area contributed by atoms with E-state index in [2.05, 4.69) is 6.07 Å². The second-order valence-electron chi connectivity index (χ2n) is 5.00. The summed E-state index contributed by atoms with van der Waals surface area (Å²) in [5.74, 6) is 0.566. The fraction of sp³-hybridized carbons (Fsp3) is 0.278. The highest BCUT2D eigenvalue weighted by atomic mass is 31.2. The van der Waals surface area contributed by atoms with E-state index >= 15 is 0 Å². The number of ether oxygens (including phenoxy) is 1. The van der Waals surface area contributed by atoms with Crippen LogP contribution >= 0.6 is 7.60 Å². The molecule has 0 radical (unpaired) electrons. The minimum atomic E-state index is -3.79. The quantitative estimate of drug-likeness (QED) is 0.371. The number of hydrogen-bond acceptors (Lipinski definition) is 7. The maximum Gasteiger partial charge on any atom is 0.414 e. The van der Waals surface area contributed by atoms with Gasteiger partial charge in [0, 0.05) is 5.56 Å². The molecular weight excluding hydrogens is 357 g/mol. The van der Waals surface area contributed by atoms with Crippen molar-refractivity contribution in [3.8, 4) is 22.9 Å². The zero-order valence-electron chi connectivity index (χ0n) is 14.8. The highest BCUT2D eigenvalue weighted by molar-refractivity contribution is 7.62. The minimum absolute atomic E-state index is 0.199. The monoisotopic (exact) mass is 377 g/mol. The van der Waals surface area contributed by atoms with Crippen molar-refractivity contribution >= 4 is 12.9 Å². The highest BCUT2D eigenvalue weighted by Crippen LogP contribution is 2.48. The fourth-order valence-electron chi connectivity index (χ4n) is 2.25. The van der Waals surface area contributed by atoms with Gasteiger partial charge in [0.15, 0.2) is 0 Å². The molecule has 0 saturated carbocycles. The Hall–Kier alpha value is -2.20. The molecule has 0 fully saturated rings. The Bertz CT molecular complexity index is 803. The Labute approximate surface area is 152 Å². The fourth-order valence-corrected chi connectivity index (χ4v) is 3.45. The van der Waals surface area contributed by atoms with Crippen LogP contribution in [0.15, 0.2) is 42.5 Å². The van der Waals surface area contributed by atoms with Gasteiger partial charge in [0.25, 0.3) is 0 Å². The summed E-state index contributed by atoms with van der Waals surface area (Å²) in [5.41, 5.74) is 1.84. The molecule has 0 aliphatic carbocycles. The minimum Gasteiger partial charge on any atom is -0.496 e. The third kappa shape index (κ3) is 4.50. The van der Waals surface area contributed by atoms with Crippen LogP contribution in [0, 0.1) is 11.3 Å². The average Bonchev–Trinajstić information content (AvgIpc) is 2.70. The number of benzene rings is 2. The van der Waals surface area contributed by atoms with Crippen molar-refractivity contribution in [2.24, 2.45) is 0 Å². The molecular formula is C18H20NO6P. The van der Waals surface area contributed by atoms with Crippen LogP contribution in [-0.4, -0.2) is 20.3 Å². The van der Waals surface area contributed by atoms with Crippen molar-refractivity contribution in [2.75, 3.05) is 20.3 Å². The lowest BCUT2D eigenvalue weighted by Crippen LogP contribution is -2.11. The molecule has 0 saturated heterocycles. The third-order valence-electron chi connectivity index (χ3n) is 3.38. The largest absolute Gasteiger partial charge is 0.496 e. The maximum atomic E-state index is 12.9. The lowest BCUT2D eigenvalue weighted by molar-refractivity contribution is -0.260. The molecule has 0 aromatic heterocycles. The molecule has 2 aromatic carbocycles. The first-order valence-electron chi connectivity index (χ1n) is 8.00. The van der Waals surface area contributed by atoms with E-state index in [-0.39, 0.29) is 18.5 Å². The predicted octanol–water partition coefficient (Wildman–Crippen LogP) is 3.99. The molecule has 0 unspecified atom stereocenters. The first kappa shape index (κ1) is 20.1. The van der Waals surface area contributed by atoms with Gasteiger partial charge in [-0.2, -0.15) is 5.26 Å². The molecule has 0 N–H and O–H groups in total. The summed E-state index contributed by atoms with van der Waals surface area (Å²) in [6.07, 6.45) is 0. The van der Waals surface area contributed by atoms with E-state index in [4.69, 9.17) is 23.9 Å². The molecule has 8 heteroatoms. The lowest BCUT2D eigenvalue weighted by Gasteiger charge is -2.16. The van der Waals surface area contributed by atoms with Crippen LogP contribution in [0.4, 0.5) is 0 Å². The van der Waals surface area contributed by atoms with Crippen LogP contribution in [0.2, 0.25) is 0 Å². The third-order valence-corrected chi connectivity index (χ3v) is 4.91. The van der Waals surface area contributed by atoms with Crippen LogP contribution in [0.5, 0.6) is 5.75 Å². The molecule has 0 bridgehead atoms. The molecule has 0 spiro atoms. The molecule has 138 valence electrons. The van der Waals surface area contributed by atoms with Crippen LogP contribution < -0.4 is 10.0 Å². The zero-order chi connectivity index (χ0) is 19.0. The van der Waals surface area contributed by atoms with Gasteiger partial charge in [0.1, 0.15) is 5.75 Å². The summed E-state index contributed by atoms with van der Waals surface area (Å²) < 4.78 is 28.1. The van der Waals surface area contributed by atoms with Gasteiger partial charge in [-0.15, -0.1) is 9.35 Å². The van der Waals surface area contributed by atoms with Gasteiger partial charge in [-0.3, -0.25) is 0 Å². The van der Waals surface area contributed by atoms with E-state index < -0.39 is 7.60 Å². The normalized spacial score (nSPS) is 11.2. The summed E-state index contributed by atoms with van der Waals surface area (Å²) in [6, 6.07) is 13.9. The Morgan fingerprint density at radius 3 is 2.12 bits per heavy atom. The van der Waals surface area contributed by atoms with Crippen molar-refractivity contribution in [3.63, 3.8) is 0 Å².